The van der Waals surface area contributed by atoms with Gasteiger partial charge in [0, 0.05) is 33.6 Å². The average Bonchev–Trinajstić information content (AvgIpc) is 3.27. The molecule has 0 aromatic heterocycles. The lowest BCUT2D eigenvalue weighted by Crippen LogP contribution is -2.58. The maximum atomic E-state index is 14.9. The van der Waals surface area contributed by atoms with Crippen molar-refractivity contribution >= 4 is 52.1 Å². The van der Waals surface area contributed by atoms with Gasteiger partial charge in [0.05, 0.1) is 23.1 Å². The third-order valence-corrected chi connectivity index (χ3v) is 9.86. The van der Waals surface area contributed by atoms with Crippen LogP contribution in [0.2, 0.25) is 10.0 Å². The van der Waals surface area contributed by atoms with E-state index in [1.807, 2.05) is 32.9 Å². The molecule has 2 heterocycles. The van der Waals surface area contributed by atoms with E-state index in [1.165, 1.54) is 12.1 Å². The first-order chi connectivity index (χ1) is 21.5. The fourth-order valence-electron chi connectivity index (χ4n) is 7.28. The van der Waals surface area contributed by atoms with Gasteiger partial charge in [0.15, 0.2) is 0 Å². The molecular weight excluding hydrogens is 634 g/mol. The largest absolute Gasteiger partial charge is 0.475 e. The number of aryl methyl sites for hydroxylation is 1. The molecule has 2 aliphatic heterocycles. The molecular formula is C35H39Cl2FN2O4S. The predicted molar refractivity (Wildman–Crippen MR) is 181 cm³/mol. The molecule has 0 bridgehead atoms. The number of aliphatic hydroxyl groups excluding tert-OH is 1. The Kier molecular flexibility index (Phi) is 9.99. The number of ether oxygens (including phenoxy) is 2. The maximum absolute atomic E-state index is 14.9. The molecule has 1 spiro atoms. The summed E-state index contributed by atoms with van der Waals surface area (Å²) in [5.41, 5.74) is 1.27. The van der Waals surface area contributed by atoms with Crippen LogP contribution in [0.15, 0.2) is 54.6 Å². The third kappa shape index (κ3) is 6.02. The van der Waals surface area contributed by atoms with E-state index < -0.39 is 41.0 Å². The van der Waals surface area contributed by atoms with Crippen LogP contribution in [0.5, 0.6) is 5.75 Å². The van der Waals surface area contributed by atoms with Gasteiger partial charge in [-0.3, -0.25) is 0 Å². The van der Waals surface area contributed by atoms with Gasteiger partial charge in [0.25, 0.3) is 0 Å². The van der Waals surface area contributed by atoms with Gasteiger partial charge in [-0.2, -0.15) is 0 Å². The van der Waals surface area contributed by atoms with Crippen molar-refractivity contribution in [1.82, 2.24) is 5.32 Å². The van der Waals surface area contributed by atoms with Crippen molar-refractivity contribution in [1.29, 1.82) is 0 Å². The highest BCUT2D eigenvalue weighted by molar-refractivity contribution is 7.80. The van der Waals surface area contributed by atoms with Crippen LogP contribution in [-0.4, -0.2) is 34.5 Å². The number of esters is 1. The molecule has 10 heteroatoms. The second-order valence-electron chi connectivity index (χ2n) is 11.9. The molecule has 6 nitrogen and oxygen atoms in total. The zero-order valence-corrected chi connectivity index (χ0v) is 28.2. The number of aliphatic hydroxyl groups is 1. The number of fused-ring (bicyclic) bond motifs is 2. The molecule has 3 aromatic carbocycles. The quantitative estimate of drug-likeness (QED) is 0.147. The summed E-state index contributed by atoms with van der Waals surface area (Å²) in [6.45, 7) is 7.92. The molecule has 0 aliphatic carbocycles. The summed E-state index contributed by atoms with van der Waals surface area (Å²) in [4.78, 5) is 14.1. The van der Waals surface area contributed by atoms with E-state index in [1.54, 1.807) is 37.3 Å². The van der Waals surface area contributed by atoms with E-state index in [4.69, 9.17) is 44.9 Å². The van der Waals surface area contributed by atoms with Crippen molar-refractivity contribution in [3.8, 4) is 5.75 Å². The summed E-state index contributed by atoms with van der Waals surface area (Å²) in [5.74, 6) is -0.892. The lowest BCUT2D eigenvalue weighted by Gasteiger charge is -2.51. The predicted octanol–water partition coefficient (Wildman–Crippen LogP) is 8.55. The number of hydrogen-bond acceptors (Lipinski definition) is 6. The molecule has 1 saturated heterocycles. The summed E-state index contributed by atoms with van der Waals surface area (Å²) >= 11 is 19.0. The zero-order valence-electron chi connectivity index (χ0n) is 25.9. The lowest BCUT2D eigenvalue weighted by molar-refractivity contribution is -0.163. The number of nitrogens with one attached hydrogen (secondary N) is 2. The molecule has 45 heavy (non-hydrogen) atoms. The van der Waals surface area contributed by atoms with Crippen molar-refractivity contribution < 1.29 is 23.8 Å². The summed E-state index contributed by atoms with van der Waals surface area (Å²) in [6.07, 6.45) is 1.47. The second-order valence-corrected chi connectivity index (χ2v) is 13.3. The number of carbonyl (C=O) groups is 1. The Balaban J connectivity index is 1.78. The Morgan fingerprint density at radius 2 is 1.71 bits per heavy atom. The Morgan fingerprint density at radius 3 is 2.40 bits per heavy atom. The van der Waals surface area contributed by atoms with Crippen LogP contribution < -0.4 is 15.4 Å². The number of piperidine rings is 1. The number of carbonyl (C=O) groups excluding carboxylic acids is 1. The molecule has 0 amide bonds. The van der Waals surface area contributed by atoms with Crippen molar-refractivity contribution in [3.05, 3.63) is 92.7 Å². The lowest BCUT2D eigenvalue weighted by atomic mass is 9.58. The van der Waals surface area contributed by atoms with E-state index >= 15 is 0 Å². The Labute approximate surface area is 279 Å². The standard InChI is InChI=1S/C35H39Cl2FN2O4S/c1-5-14-34(15-6-2,33(42)43-7-3)44-29-13-10-21(36)16-25(29)27-19-30(45)40-31(24-18-23(38)11-8-20(24)4)35(27)26-12-9-22(37)17-28(26)39-32(35)41/h8-13,16-18,27,31-32,39,41H,5-7,14-15,19H2,1-4H3,(H,40,45)/t27-,31+,32?,35-/m1/s1. The van der Waals surface area contributed by atoms with Crippen molar-refractivity contribution in [2.75, 3.05) is 11.9 Å². The van der Waals surface area contributed by atoms with E-state index in [2.05, 4.69) is 10.6 Å². The Morgan fingerprint density at radius 1 is 1.02 bits per heavy atom. The topological polar surface area (TPSA) is 79.8 Å². The molecule has 3 N–H and O–H groups in total. The number of rotatable bonds is 10. The van der Waals surface area contributed by atoms with E-state index in [0.29, 0.717) is 69.7 Å². The van der Waals surface area contributed by atoms with Crippen molar-refractivity contribution in [3.63, 3.8) is 0 Å². The molecule has 1 fully saturated rings. The Hall–Kier alpha value is -2.91. The first kappa shape index (κ1) is 33.5. The van der Waals surface area contributed by atoms with Crippen LogP contribution in [-0.2, 0) is 14.9 Å². The summed E-state index contributed by atoms with van der Waals surface area (Å²) in [7, 11) is 0. The highest BCUT2D eigenvalue weighted by Gasteiger charge is 2.61. The highest BCUT2D eigenvalue weighted by atomic mass is 35.5. The average molecular weight is 674 g/mol. The molecule has 2 aliphatic rings. The summed E-state index contributed by atoms with van der Waals surface area (Å²) in [6, 6.07) is 14.8. The molecule has 1 unspecified atom stereocenters. The van der Waals surface area contributed by atoms with Gasteiger partial charge < -0.3 is 25.2 Å². The van der Waals surface area contributed by atoms with Gasteiger partial charge in [-0.1, -0.05) is 74.2 Å². The molecule has 3 aromatic rings. The smallest absolute Gasteiger partial charge is 0.350 e. The number of benzene rings is 3. The summed E-state index contributed by atoms with van der Waals surface area (Å²) in [5, 5.41) is 19.8. The van der Waals surface area contributed by atoms with Crippen LogP contribution >= 0.6 is 35.4 Å². The maximum Gasteiger partial charge on any atom is 0.350 e. The van der Waals surface area contributed by atoms with E-state index in [-0.39, 0.29) is 6.61 Å². The van der Waals surface area contributed by atoms with Crippen LogP contribution in [0.4, 0.5) is 10.1 Å². The van der Waals surface area contributed by atoms with Crippen LogP contribution in [0.25, 0.3) is 0 Å². The number of halogens is 3. The molecule has 240 valence electrons. The zero-order chi connectivity index (χ0) is 32.5. The van der Waals surface area contributed by atoms with Crippen LogP contribution in [0, 0.1) is 12.7 Å². The van der Waals surface area contributed by atoms with Gasteiger partial charge in [-0.05, 0) is 85.8 Å². The number of hydrogen-bond donors (Lipinski definition) is 3. The number of anilines is 1. The second kappa shape index (κ2) is 13.4. The van der Waals surface area contributed by atoms with Crippen molar-refractivity contribution in [2.45, 2.75) is 89.0 Å². The fraction of sp³-hybridized carbons (Fsp3) is 0.429. The number of thiocarbonyl (C=S) groups is 1. The van der Waals surface area contributed by atoms with Gasteiger partial charge in [0.2, 0.25) is 5.60 Å². The normalized spacial score (nSPS) is 22.5. The SMILES string of the molecule is CCCC(CCC)(Oc1ccc(Cl)cc1[C@H]1CC(=S)N[C@@H](c2cc(F)ccc2C)[C@@]12c1ccc(Cl)cc1NC2O)C(=O)OCC. The van der Waals surface area contributed by atoms with Crippen molar-refractivity contribution in [2.24, 2.45) is 0 Å². The van der Waals surface area contributed by atoms with Gasteiger partial charge in [0.1, 0.15) is 17.8 Å². The van der Waals surface area contributed by atoms with Gasteiger partial charge in [-0.25, -0.2) is 9.18 Å². The first-order valence-corrected chi connectivity index (χ1v) is 16.6. The minimum Gasteiger partial charge on any atom is -0.475 e. The van der Waals surface area contributed by atoms with Gasteiger partial charge >= 0.3 is 5.97 Å². The minimum atomic E-state index is -1.22. The van der Waals surface area contributed by atoms with E-state index in [9.17, 15) is 14.3 Å². The van der Waals surface area contributed by atoms with E-state index in [0.717, 1.165) is 11.1 Å². The van der Waals surface area contributed by atoms with Gasteiger partial charge in [-0.15, -0.1) is 0 Å². The van der Waals surface area contributed by atoms with Crippen LogP contribution in [0.3, 0.4) is 0 Å². The third-order valence-electron chi connectivity index (χ3n) is 9.10. The monoisotopic (exact) mass is 672 g/mol. The molecule has 0 saturated carbocycles. The Bertz CT molecular complexity index is 1600. The highest BCUT2D eigenvalue weighted by Crippen LogP contribution is 2.61. The summed E-state index contributed by atoms with van der Waals surface area (Å²) < 4.78 is 27.3. The molecule has 0 radical (unpaired) electrons. The first-order valence-electron chi connectivity index (χ1n) is 15.5. The molecule has 5 rings (SSSR count). The minimum absolute atomic E-state index is 0.225. The molecule has 4 atom stereocenters. The fourth-order valence-corrected chi connectivity index (χ4v) is 7.91. The van der Waals surface area contributed by atoms with Crippen LogP contribution in [0.1, 0.15) is 87.1 Å².